The van der Waals surface area contributed by atoms with E-state index in [0.29, 0.717) is 22.1 Å². The van der Waals surface area contributed by atoms with Crippen molar-refractivity contribution < 1.29 is 23.9 Å². The molecule has 1 saturated heterocycles. The molecule has 7 nitrogen and oxygen atoms in total. The molecule has 8 heteroatoms. The summed E-state index contributed by atoms with van der Waals surface area (Å²) in [5.41, 5.74) is 0.0473. The lowest BCUT2D eigenvalue weighted by atomic mass is 9.92. The molecule has 0 bridgehead atoms. The molecule has 2 aliphatic rings. The lowest BCUT2D eigenvalue weighted by Crippen LogP contribution is -2.46. The zero-order valence-electron chi connectivity index (χ0n) is 15.0. The molecular formula is C20H17ClN2O5. The molecule has 0 unspecified atom stereocenters. The Hall–Kier alpha value is -3.06. The molecule has 0 spiro atoms. The summed E-state index contributed by atoms with van der Waals surface area (Å²) in [6, 6.07) is 11.1. The third-order valence-electron chi connectivity index (χ3n) is 4.81. The highest BCUT2D eigenvalue weighted by Crippen LogP contribution is 2.34. The van der Waals surface area contributed by atoms with Crippen LogP contribution in [0.15, 0.2) is 42.5 Å². The van der Waals surface area contributed by atoms with E-state index in [2.05, 4.69) is 5.32 Å². The van der Waals surface area contributed by atoms with Crippen LogP contribution >= 0.6 is 11.6 Å². The number of imide groups is 1. The van der Waals surface area contributed by atoms with Crippen molar-refractivity contribution in [1.29, 1.82) is 0 Å². The predicted octanol–water partition coefficient (Wildman–Crippen LogP) is 2.80. The fourth-order valence-electron chi connectivity index (χ4n) is 3.34. The maximum absolute atomic E-state index is 12.9. The number of halogens is 1. The first-order valence-corrected chi connectivity index (χ1v) is 9.05. The van der Waals surface area contributed by atoms with Crippen LogP contribution in [-0.4, -0.2) is 41.5 Å². The normalized spacial score (nSPS) is 20.4. The summed E-state index contributed by atoms with van der Waals surface area (Å²) in [7, 11) is 0. The first-order chi connectivity index (χ1) is 13.4. The summed E-state index contributed by atoms with van der Waals surface area (Å²) in [4.78, 5) is 38.7. The second kappa shape index (κ2) is 6.83. The molecule has 2 heterocycles. The minimum absolute atomic E-state index is 0.159. The first-order valence-electron chi connectivity index (χ1n) is 8.67. The highest BCUT2D eigenvalue weighted by Gasteiger charge is 2.48. The van der Waals surface area contributed by atoms with Crippen molar-refractivity contribution in [2.45, 2.75) is 18.9 Å². The van der Waals surface area contributed by atoms with Gasteiger partial charge in [-0.3, -0.25) is 14.5 Å². The number of carbonyl (C=O) groups excluding carboxylic acids is 3. The van der Waals surface area contributed by atoms with Crippen molar-refractivity contribution in [2.24, 2.45) is 0 Å². The third kappa shape index (κ3) is 3.29. The summed E-state index contributed by atoms with van der Waals surface area (Å²) in [6.45, 7) is 1.47. The zero-order chi connectivity index (χ0) is 19.9. The molecule has 1 atom stereocenters. The van der Waals surface area contributed by atoms with Gasteiger partial charge >= 0.3 is 6.03 Å². The largest absolute Gasteiger partial charge is 0.454 e. The highest BCUT2D eigenvalue weighted by atomic mass is 35.5. The lowest BCUT2D eigenvalue weighted by molar-refractivity contribution is -0.130. The van der Waals surface area contributed by atoms with E-state index in [0.717, 1.165) is 10.5 Å². The molecule has 1 fully saturated rings. The minimum Gasteiger partial charge on any atom is -0.454 e. The monoisotopic (exact) mass is 400 g/mol. The number of rotatable bonds is 5. The number of hydrogen-bond acceptors (Lipinski definition) is 5. The molecule has 28 heavy (non-hydrogen) atoms. The van der Waals surface area contributed by atoms with Crippen LogP contribution in [0.3, 0.4) is 0 Å². The molecule has 2 aromatic carbocycles. The molecule has 0 aliphatic carbocycles. The van der Waals surface area contributed by atoms with Crippen LogP contribution in [-0.2, 0) is 11.2 Å². The van der Waals surface area contributed by atoms with Gasteiger partial charge in [0.05, 0.1) is 6.54 Å². The standard InChI is InChI=1S/C20H17ClN2O5/c1-20(9-12-2-7-16-17(8-12)28-11-27-16)18(25)23(19(26)22-20)10-15(24)13-3-5-14(21)6-4-13/h2-8H,9-11H2,1H3,(H,22,26)/t20-/m0/s1. The van der Waals surface area contributed by atoms with Gasteiger partial charge in [0.1, 0.15) is 5.54 Å². The number of carbonyl (C=O) groups is 3. The zero-order valence-corrected chi connectivity index (χ0v) is 15.8. The fourth-order valence-corrected chi connectivity index (χ4v) is 3.47. The van der Waals surface area contributed by atoms with Crippen LogP contribution in [0.4, 0.5) is 4.79 Å². The van der Waals surface area contributed by atoms with E-state index < -0.39 is 17.5 Å². The minimum atomic E-state index is -1.15. The van der Waals surface area contributed by atoms with Gasteiger partial charge in [-0.1, -0.05) is 17.7 Å². The van der Waals surface area contributed by atoms with E-state index in [1.54, 1.807) is 43.3 Å². The number of nitrogens with one attached hydrogen (secondary N) is 1. The Morgan fingerprint density at radius 1 is 1.14 bits per heavy atom. The molecule has 3 amide bonds. The molecule has 2 aliphatic heterocycles. The average Bonchev–Trinajstić information content (AvgIpc) is 3.20. The summed E-state index contributed by atoms with van der Waals surface area (Å²) in [5, 5.41) is 3.21. The molecule has 1 N–H and O–H groups in total. The number of benzene rings is 2. The maximum atomic E-state index is 12.9. The smallest absolute Gasteiger partial charge is 0.325 e. The van der Waals surface area contributed by atoms with Crippen molar-refractivity contribution in [3.05, 3.63) is 58.6 Å². The number of Topliss-reactive ketones (excluding diaryl/α,β-unsaturated/α-hetero) is 1. The van der Waals surface area contributed by atoms with E-state index in [4.69, 9.17) is 21.1 Å². The second-order valence-electron chi connectivity index (χ2n) is 6.95. The van der Waals surface area contributed by atoms with E-state index in [-0.39, 0.29) is 25.5 Å². The Morgan fingerprint density at radius 2 is 1.86 bits per heavy atom. The summed E-state index contributed by atoms with van der Waals surface area (Å²) < 4.78 is 10.6. The Morgan fingerprint density at radius 3 is 2.61 bits per heavy atom. The van der Waals surface area contributed by atoms with Crippen molar-refractivity contribution in [3.63, 3.8) is 0 Å². The van der Waals surface area contributed by atoms with Crippen molar-refractivity contribution in [1.82, 2.24) is 10.2 Å². The van der Waals surface area contributed by atoms with Gasteiger partial charge in [-0.05, 0) is 48.9 Å². The lowest BCUT2D eigenvalue weighted by Gasteiger charge is -2.21. The van der Waals surface area contributed by atoms with Crippen molar-refractivity contribution in [2.75, 3.05) is 13.3 Å². The molecule has 2 aromatic rings. The van der Waals surface area contributed by atoms with E-state index in [9.17, 15) is 14.4 Å². The van der Waals surface area contributed by atoms with Gasteiger partial charge in [-0.25, -0.2) is 4.79 Å². The molecule has 0 aromatic heterocycles. The van der Waals surface area contributed by atoms with Crippen LogP contribution in [0, 0.1) is 0 Å². The van der Waals surface area contributed by atoms with Gasteiger partial charge < -0.3 is 14.8 Å². The first kappa shape index (κ1) is 18.3. The van der Waals surface area contributed by atoms with Crippen LogP contribution in [0.1, 0.15) is 22.8 Å². The summed E-state index contributed by atoms with van der Waals surface area (Å²) in [5.74, 6) is 0.462. The van der Waals surface area contributed by atoms with Gasteiger partial charge in [0, 0.05) is 17.0 Å². The SMILES string of the molecule is C[C@@]1(Cc2ccc3c(c2)OCO3)NC(=O)N(CC(=O)c2ccc(Cl)cc2)C1=O. The van der Waals surface area contributed by atoms with Gasteiger partial charge in [0.25, 0.3) is 5.91 Å². The quantitative estimate of drug-likeness (QED) is 0.616. The van der Waals surface area contributed by atoms with E-state index in [1.807, 2.05) is 6.07 Å². The number of ketones is 1. The number of urea groups is 1. The molecule has 144 valence electrons. The maximum Gasteiger partial charge on any atom is 0.325 e. The number of nitrogens with zero attached hydrogens (tertiary/aromatic N) is 1. The van der Waals surface area contributed by atoms with Gasteiger partial charge in [0.15, 0.2) is 17.3 Å². The summed E-state index contributed by atoms with van der Waals surface area (Å²) in [6.07, 6.45) is 0.264. The Labute approximate surface area is 166 Å². The molecule has 0 saturated carbocycles. The van der Waals surface area contributed by atoms with Gasteiger partial charge in [0.2, 0.25) is 6.79 Å². The third-order valence-corrected chi connectivity index (χ3v) is 5.06. The van der Waals surface area contributed by atoms with Crippen molar-refractivity contribution in [3.8, 4) is 11.5 Å². The fraction of sp³-hybridized carbons (Fsp3) is 0.250. The van der Waals surface area contributed by atoms with Crippen LogP contribution in [0.2, 0.25) is 5.02 Å². The van der Waals surface area contributed by atoms with Crippen LogP contribution < -0.4 is 14.8 Å². The highest BCUT2D eigenvalue weighted by molar-refractivity contribution is 6.30. The topological polar surface area (TPSA) is 84.9 Å². The Balaban J connectivity index is 1.49. The van der Waals surface area contributed by atoms with Crippen molar-refractivity contribution >= 4 is 29.3 Å². The predicted molar refractivity (Wildman–Crippen MR) is 101 cm³/mol. The average molecular weight is 401 g/mol. The van der Waals surface area contributed by atoms with Crippen LogP contribution in [0.25, 0.3) is 0 Å². The molecule has 4 rings (SSSR count). The van der Waals surface area contributed by atoms with Gasteiger partial charge in [-0.2, -0.15) is 0 Å². The molecule has 0 radical (unpaired) electrons. The second-order valence-corrected chi connectivity index (χ2v) is 7.38. The number of ether oxygens (including phenoxy) is 2. The van der Waals surface area contributed by atoms with E-state index >= 15 is 0 Å². The Bertz CT molecular complexity index is 975. The number of hydrogen-bond donors (Lipinski definition) is 1. The Kier molecular flexibility index (Phi) is 4.47. The van der Waals surface area contributed by atoms with Gasteiger partial charge in [-0.15, -0.1) is 0 Å². The molecular weight excluding hydrogens is 384 g/mol. The van der Waals surface area contributed by atoms with E-state index in [1.165, 1.54) is 0 Å². The number of amides is 3. The number of fused-ring (bicyclic) bond motifs is 1. The summed E-state index contributed by atoms with van der Waals surface area (Å²) >= 11 is 5.83. The van der Waals surface area contributed by atoms with Crippen LogP contribution in [0.5, 0.6) is 11.5 Å².